The molecule has 0 fully saturated rings. The van der Waals surface area contributed by atoms with E-state index in [9.17, 15) is 0 Å². The lowest BCUT2D eigenvalue weighted by Gasteiger charge is -2.28. The van der Waals surface area contributed by atoms with Crippen molar-refractivity contribution >= 4 is 21.9 Å². The zero-order valence-corrected chi connectivity index (χ0v) is 28.0. The molecule has 0 aliphatic heterocycles. The van der Waals surface area contributed by atoms with Crippen LogP contribution >= 0.6 is 0 Å². The first kappa shape index (κ1) is 29.3. The maximum atomic E-state index is 6.16. The van der Waals surface area contributed by atoms with E-state index in [1.807, 2.05) is 30.3 Å². The number of rotatable bonds is 5. The summed E-state index contributed by atoms with van der Waals surface area (Å²) >= 11 is 0. The predicted molar refractivity (Wildman–Crippen MR) is 208 cm³/mol. The van der Waals surface area contributed by atoms with Crippen LogP contribution in [0.4, 0.5) is 0 Å². The Morgan fingerprint density at radius 1 is 0.412 bits per heavy atom. The maximum Gasteiger partial charge on any atom is 0.160 e. The van der Waals surface area contributed by atoms with E-state index in [4.69, 9.17) is 14.4 Å². The number of benzene rings is 7. The normalized spacial score (nSPS) is 14.8. The highest BCUT2D eigenvalue weighted by molar-refractivity contribution is 6.06. The number of furan rings is 1. The minimum atomic E-state index is -0.281. The molecule has 0 bridgehead atoms. The SMILES string of the molecule is CC1(c2ccccc2)c2ccccc2-c2ccc(-c3ccccc3-c3cc(-c4ccc5oc6ccccc6c5c4)nc(-c4ccccc4)n3)cc21. The Hall–Kier alpha value is -6.58. The van der Waals surface area contributed by atoms with Gasteiger partial charge in [0.1, 0.15) is 11.2 Å². The lowest BCUT2D eigenvalue weighted by atomic mass is 9.74. The first-order valence-corrected chi connectivity index (χ1v) is 17.4. The topological polar surface area (TPSA) is 38.9 Å². The van der Waals surface area contributed by atoms with Gasteiger partial charge < -0.3 is 4.42 Å². The Bertz CT molecular complexity index is 2760. The fourth-order valence-corrected chi connectivity index (χ4v) is 8.03. The number of aromatic nitrogens is 2. The molecule has 9 aromatic rings. The van der Waals surface area contributed by atoms with E-state index in [-0.39, 0.29) is 5.41 Å². The van der Waals surface area contributed by atoms with Gasteiger partial charge in [-0.3, -0.25) is 0 Å². The standard InChI is InChI=1S/C48H32N2O/c1-48(34-16-6-3-7-17-34)41-22-12-10-19-36(41)37-26-24-32(29-42(37)48)35-18-8-9-20-38(35)44-30-43(49-47(50-44)31-14-4-2-5-15-31)33-25-27-46-40(28-33)39-21-11-13-23-45(39)51-46/h2-30H,1H3. The van der Waals surface area contributed by atoms with Crippen molar-refractivity contribution in [1.82, 2.24) is 9.97 Å². The molecule has 1 unspecified atom stereocenters. The molecule has 2 aromatic heterocycles. The van der Waals surface area contributed by atoms with Crippen LogP contribution < -0.4 is 0 Å². The smallest absolute Gasteiger partial charge is 0.160 e. The molecule has 1 aliphatic carbocycles. The van der Waals surface area contributed by atoms with Crippen LogP contribution in [0.15, 0.2) is 180 Å². The van der Waals surface area contributed by atoms with Crippen LogP contribution in [-0.4, -0.2) is 9.97 Å². The minimum absolute atomic E-state index is 0.281. The van der Waals surface area contributed by atoms with Gasteiger partial charge in [-0.25, -0.2) is 9.97 Å². The molecule has 0 N–H and O–H groups in total. The summed E-state index contributed by atoms with van der Waals surface area (Å²) in [5, 5.41) is 2.17. The second-order valence-electron chi connectivity index (χ2n) is 13.5. The van der Waals surface area contributed by atoms with Crippen molar-refractivity contribution < 1.29 is 4.42 Å². The molecule has 1 atom stereocenters. The Morgan fingerprint density at radius 3 is 1.88 bits per heavy atom. The minimum Gasteiger partial charge on any atom is -0.456 e. The molecule has 240 valence electrons. The van der Waals surface area contributed by atoms with Crippen LogP contribution in [0.25, 0.3) is 78.1 Å². The fraction of sp³-hybridized carbons (Fsp3) is 0.0417. The molecule has 1 aliphatic rings. The van der Waals surface area contributed by atoms with Crippen LogP contribution in [0.2, 0.25) is 0 Å². The number of nitrogens with zero attached hydrogens (tertiary/aromatic N) is 2. The first-order valence-electron chi connectivity index (χ1n) is 17.4. The van der Waals surface area contributed by atoms with Gasteiger partial charge in [0.25, 0.3) is 0 Å². The second-order valence-corrected chi connectivity index (χ2v) is 13.5. The van der Waals surface area contributed by atoms with Crippen LogP contribution in [0.5, 0.6) is 0 Å². The molecule has 0 saturated heterocycles. The summed E-state index contributed by atoms with van der Waals surface area (Å²) in [5.41, 5.74) is 15.1. The summed E-state index contributed by atoms with van der Waals surface area (Å²) in [7, 11) is 0. The quantitative estimate of drug-likeness (QED) is 0.186. The average molecular weight is 653 g/mol. The molecule has 0 radical (unpaired) electrons. The van der Waals surface area contributed by atoms with Crippen molar-refractivity contribution in [3.8, 4) is 56.2 Å². The zero-order valence-electron chi connectivity index (χ0n) is 28.0. The van der Waals surface area contributed by atoms with Crippen LogP contribution in [0.1, 0.15) is 23.6 Å². The van der Waals surface area contributed by atoms with Gasteiger partial charge in [-0.05, 0) is 82.3 Å². The first-order chi connectivity index (χ1) is 25.1. The molecular weight excluding hydrogens is 621 g/mol. The molecular formula is C48H32N2O. The van der Waals surface area contributed by atoms with Gasteiger partial charge in [0.15, 0.2) is 5.82 Å². The Balaban J connectivity index is 1.16. The van der Waals surface area contributed by atoms with Gasteiger partial charge in [-0.1, -0.05) is 140 Å². The molecule has 0 spiro atoms. The number of hydrogen-bond acceptors (Lipinski definition) is 3. The summed E-state index contributed by atoms with van der Waals surface area (Å²) in [6.45, 7) is 2.37. The van der Waals surface area contributed by atoms with Crippen LogP contribution in [0.3, 0.4) is 0 Å². The van der Waals surface area contributed by atoms with E-state index in [1.165, 1.54) is 27.8 Å². The van der Waals surface area contributed by atoms with Gasteiger partial charge in [0.05, 0.1) is 11.4 Å². The zero-order chi connectivity index (χ0) is 33.9. The highest BCUT2D eigenvalue weighted by Crippen LogP contribution is 2.53. The summed E-state index contributed by atoms with van der Waals surface area (Å²) < 4.78 is 6.16. The third-order valence-corrected chi connectivity index (χ3v) is 10.6. The number of hydrogen-bond donors (Lipinski definition) is 0. The third-order valence-electron chi connectivity index (χ3n) is 10.6. The van der Waals surface area contributed by atoms with Gasteiger partial charge >= 0.3 is 0 Å². The largest absolute Gasteiger partial charge is 0.456 e. The Kier molecular flexibility index (Phi) is 6.62. The summed E-state index contributed by atoms with van der Waals surface area (Å²) in [4.78, 5) is 10.4. The summed E-state index contributed by atoms with van der Waals surface area (Å²) in [5.74, 6) is 0.691. The highest BCUT2D eigenvalue weighted by atomic mass is 16.3. The predicted octanol–water partition coefficient (Wildman–Crippen LogP) is 12.4. The molecule has 2 heterocycles. The van der Waals surface area contributed by atoms with E-state index < -0.39 is 0 Å². The Morgan fingerprint density at radius 2 is 1.04 bits per heavy atom. The van der Waals surface area contributed by atoms with Gasteiger partial charge in [-0.2, -0.15) is 0 Å². The molecule has 3 heteroatoms. The van der Waals surface area contributed by atoms with Crippen molar-refractivity contribution in [1.29, 1.82) is 0 Å². The summed E-state index contributed by atoms with van der Waals surface area (Å²) in [6, 6.07) is 62.2. The van der Waals surface area contributed by atoms with E-state index in [1.54, 1.807) is 0 Å². The average Bonchev–Trinajstić information content (AvgIpc) is 3.71. The van der Waals surface area contributed by atoms with Gasteiger partial charge in [-0.15, -0.1) is 0 Å². The third kappa shape index (κ3) is 4.66. The lowest BCUT2D eigenvalue weighted by Crippen LogP contribution is -2.22. The molecule has 0 saturated carbocycles. The van der Waals surface area contributed by atoms with E-state index in [0.717, 1.165) is 61.1 Å². The van der Waals surface area contributed by atoms with E-state index in [2.05, 4.69) is 153 Å². The van der Waals surface area contributed by atoms with Crippen molar-refractivity contribution in [3.63, 3.8) is 0 Å². The van der Waals surface area contributed by atoms with Crippen LogP contribution in [-0.2, 0) is 5.41 Å². The van der Waals surface area contributed by atoms with E-state index in [0.29, 0.717) is 5.82 Å². The molecule has 51 heavy (non-hydrogen) atoms. The van der Waals surface area contributed by atoms with Crippen molar-refractivity contribution in [2.24, 2.45) is 0 Å². The maximum absolute atomic E-state index is 6.16. The van der Waals surface area contributed by atoms with Gasteiger partial charge in [0.2, 0.25) is 0 Å². The molecule has 0 amide bonds. The molecule has 7 aromatic carbocycles. The van der Waals surface area contributed by atoms with Crippen molar-refractivity contribution in [2.45, 2.75) is 12.3 Å². The Labute approximate surface area is 296 Å². The summed E-state index contributed by atoms with van der Waals surface area (Å²) in [6.07, 6.45) is 0. The fourth-order valence-electron chi connectivity index (χ4n) is 8.03. The second kappa shape index (κ2) is 11.5. The number of fused-ring (bicyclic) bond motifs is 6. The van der Waals surface area contributed by atoms with Crippen molar-refractivity contribution in [3.05, 3.63) is 193 Å². The monoisotopic (exact) mass is 652 g/mol. The van der Waals surface area contributed by atoms with Crippen molar-refractivity contribution in [2.75, 3.05) is 0 Å². The van der Waals surface area contributed by atoms with Gasteiger partial charge in [0, 0.05) is 32.9 Å². The molecule has 3 nitrogen and oxygen atoms in total. The van der Waals surface area contributed by atoms with Crippen LogP contribution in [0, 0.1) is 0 Å². The van der Waals surface area contributed by atoms with E-state index >= 15 is 0 Å². The highest BCUT2D eigenvalue weighted by Gasteiger charge is 2.40. The molecule has 10 rings (SSSR count). The number of para-hydroxylation sites is 1. The lowest BCUT2D eigenvalue weighted by molar-refractivity contribution is 0.669.